The van der Waals surface area contributed by atoms with E-state index in [2.05, 4.69) is 10.6 Å². The molecule has 0 aliphatic carbocycles. The molecule has 3 N–H and O–H groups in total. The number of aliphatic hydroxyl groups is 1. The normalized spacial score (nSPS) is 13.3. The molecule has 0 aliphatic rings. The average molecular weight is 312 g/mol. The van der Waals surface area contributed by atoms with E-state index in [1.54, 1.807) is 0 Å². The minimum atomic E-state index is -0.575. The van der Waals surface area contributed by atoms with Gasteiger partial charge in [0.15, 0.2) is 0 Å². The highest BCUT2D eigenvalue weighted by Crippen LogP contribution is 2.19. The lowest BCUT2D eigenvalue weighted by Gasteiger charge is -2.21. The van der Waals surface area contributed by atoms with Gasteiger partial charge in [0.25, 0.3) is 0 Å². The summed E-state index contributed by atoms with van der Waals surface area (Å²) >= 11 is 0. The Morgan fingerprint density at radius 2 is 1.74 bits per heavy atom. The Bertz CT molecular complexity index is 628. The fraction of sp³-hybridized carbons (Fsp3) is 0.316. The first kappa shape index (κ1) is 17.2. The molecule has 4 heteroatoms. The second-order valence-corrected chi connectivity index (χ2v) is 5.58. The molecule has 0 aromatic heterocycles. The third-order valence-corrected chi connectivity index (χ3v) is 3.84. The van der Waals surface area contributed by atoms with Crippen molar-refractivity contribution < 1.29 is 9.90 Å². The van der Waals surface area contributed by atoms with Gasteiger partial charge in [-0.3, -0.25) is 4.79 Å². The van der Waals surface area contributed by atoms with Gasteiger partial charge in [-0.1, -0.05) is 55.5 Å². The van der Waals surface area contributed by atoms with Crippen LogP contribution in [0, 0.1) is 0 Å². The van der Waals surface area contributed by atoms with E-state index in [1.807, 2.05) is 68.4 Å². The predicted molar refractivity (Wildman–Crippen MR) is 93.1 cm³/mol. The summed E-state index contributed by atoms with van der Waals surface area (Å²) in [7, 11) is 0. The maximum absolute atomic E-state index is 11.6. The Hall–Kier alpha value is -2.17. The van der Waals surface area contributed by atoms with Crippen molar-refractivity contribution in [3.05, 3.63) is 65.7 Å². The third kappa shape index (κ3) is 4.91. The van der Waals surface area contributed by atoms with Crippen molar-refractivity contribution in [2.45, 2.75) is 39.0 Å². The summed E-state index contributed by atoms with van der Waals surface area (Å²) in [6.45, 7) is 4.35. The molecule has 2 unspecified atom stereocenters. The van der Waals surface area contributed by atoms with Crippen LogP contribution in [0.3, 0.4) is 0 Å². The van der Waals surface area contributed by atoms with Gasteiger partial charge in [0.2, 0.25) is 5.91 Å². The zero-order valence-electron chi connectivity index (χ0n) is 13.6. The van der Waals surface area contributed by atoms with Gasteiger partial charge < -0.3 is 15.7 Å². The van der Waals surface area contributed by atoms with E-state index in [1.165, 1.54) is 0 Å². The van der Waals surface area contributed by atoms with E-state index in [4.69, 9.17) is 0 Å². The van der Waals surface area contributed by atoms with Crippen LogP contribution in [0.15, 0.2) is 54.6 Å². The van der Waals surface area contributed by atoms with Gasteiger partial charge in [-0.15, -0.1) is 0 Å². The molecule has 0 saturated carbocycles. The van der Waals surface area contributed by atoms with Crippen molar-refractivity contribution in [1.82, 2.24) is 5.32 Å². The van der Waals surface area contributed by atoms with Crippen LogP contribution in [-0.2, 0) is 11.3 Å². The van der Waals surface area contributed by atoms with Crippen LogP contribution in [-0.4, -0.2) is 17.1 Å². The number of anilines is 1. The van der Waals surface area contributed by atoms with Gasteiger partial charge in [0, 0.05) is 24.7 Å². The highest BCUT2D eigenvalue weighted by atomic mass is 16.3. The second-order valence-electron chi connectivity index (χ2n) is 5.58. The zero-order valence-corrected chi connectivity index (χ0v) is 13.6. The molecule has 0 saturated heterocycles. The molecule has 0 aliphatic heterocycles. The number of amides is 1. The minimum Gasteiger partial charge on any atom is -0.387 e. The molecule has 2 aromatic carbocycles. The molecule has 0 radical (unpaired) electrons. The Labute approximate surface area is 137 Å². The number of hydrogen-bond donors (Lipinski definition) is 3. The minimum absolute atomic E-state index is 0.00480. The van der Waals surface area contributed by atoms with Crippen molar-refractivity contribution in [2.24, 2.45) is 0 Å². The largest absolute Gasteiger partial charge is 0.387 e. The summed E-state index contributed by atoms with van der Waals surface area (Å²) in [5.74, 6) is -0.00480. The molecule has 0 bridgehead atoms. The van der Waals surface area contributed by atoms with Crippen LogP contribution < -0.4 is 10.6 Å². The van der Waals surface area contributed by atoms with Crippen molar-refractivity contribution in [2.75, 3.05) is 5.32 Å². The lowest BCUT2D eigenvalue weighted by atomic mass is 10.0. The Morgan fingerprint density at radius 1 is 1.09 bits per heavy atom. The van der Waals surface area contributed by atoms with E-state index in [0.29, 0.717) is 13.0 Å². The SMILES string of the molecule is CCC(=O)Nc1ccccc1CNC(C)C(O)c1ccccc1. The molecule has 23 heavy (non-hydrogen) atoms. The summed E-state index contributed by atoms with van der Waals surface area (Å²) in [4.78, 5) is 11.6. The average Bonchev–Trinajstić information content (AvgIpc) is 2.60. The fourth-order valence-electron chi connectivity index (χ4n) is 2.36. The van der Waals surface area contributed by atoms with Gasteiger partial charge >= 0.3 is 0 Å². The smallest absolute Gasteiger partial charge is 0.224 e. The van der Waals surface area contributed by atoms with E-state index in [0.717, 1.165) is 16.8 Å². The monoisotopic (exact) mass is 312 g/mol. The maximum Gasteiger partial charge on any atom is 0.224 e. The van der Waals surface area contributed by atoms with Crippen molar-refractivity contribution in [3.8, 4) is 0 Å². The Kier molecular flexibility index (Phi) is 6.32. The number of benzene rings is 2. The van der Waals surface area contributed by atoms with E-state index in [9.17, 15) is 9.90 Å². The Morgan fingerprint density at radius 3 is 2.43 bits per heavy atom. The van der Waals surface area contributed by atoms with Crippen LogP contribution in [0.1, 0.15) is 37.5 Å². The summed E-state index contributed by atoms with van der Waals surface area (Å²) in [5.41, 5.74) is 2.70. The van der Waals surface area contributed by atoms with E-state index in [-0.39, 0.29) is 11.9 Å². The lowest BCUT2D eigenvalue weighted by Crippen LogP contribution is -2.32. The number of hydrogen-bond acceptors (Lipinski definition) is 3. The van der Waals surface area contributed by atoms with Crippen LogP contribution in [0.4, 0.5) is 5.69 Å². The van der Waals surface area contributed by atoms with Gasteiger partial charge in [-0.25, -0.2) is 0 Å². The van der Waals surface area contributed by atoms with Crippen molar-refractivity contribution in [3.63, 3.8) is 0 Å². The van der Waals surface area contributed by atoms with Gasteiger partial charge in [-0.2, -0.15) is 0 Å². The molecule has 0 spiro atoms. The van der Waals surface area contributed by atoms with Gasteiger partial charge in [0.1, 0.15) is 0 Å². The molecular weight excluding hydrogens is 288 g/mol. The van der Waals surface area contributed by atoms with Crippen LogP contribution >= 0.6 is 0 Å². The quantitative estimate of drug-likeness (QED) is 0.735. The molecule has 2 atom stereocenters. The summed E-state index contributed by atoms with van der Waals surface area (Å²) in [6.07, 6.45) is -0.126. The molecule has 122 valence electrons. The van der Waals surface area contributed by atoms with Crippen molar-refractivity contribution in [1.29, 1.82) is 0 Å². The molecule has 2 aromatic rings. The second kappa shape index (κ2) is 8.46. The highest BCUT2D eigenvalue weighted by Gasteiger charge is 2.16. The van der Waals surface area contributed by atoms with Crippen LogP contribution in [0.5, 0.6) is 0 Å². The molecular formula is C19H24N2O2. The number of carbonyl (C=O) groups is 1. The topological polar surface area (TPSA) is 61.4 Å². The first-order valence-corrected chi connectivity index (χ1v) is 7.96. The predicted octanol–water partition coefficient (Wildman–Crippen LogP) is 3.25. The molecule has 2 rings (SSSR count). The molecule has 1 amide bonds. The first-order chi connectivity index (χ1) is 11.1. The standard InChI is InChI=1S/C19H24N2O2/c1-3-18(22)21-17-12-8-7-11-16(17)13-20-14(2)19(23)15-9-5-4-6-10-15/h4-12,14,19-20,23H,3,13H2,1-2H3,(H,21,22). The number of carbonyl (C=O) groups excluding carboxylic acids is 1. The lowest BCUT2D eigenvalue weighted by molar-refractivity contribution is -0.115. The Balaban J connectivity index is 1.99. The molecule has 4 nitrogen and oxygen atoms in total. The summed E-state index contributed by atoms with van der Waals surface area (Å²) in [5, 5.41) is 16.6. The summed E-state index contributed by atoms with van der Waals surface area (Å²) < 4.78 is 0. The zero-order chi connectivity index (χ0) is 16.7. The first-order valence-electron chi connectivity index (χ1n) is 7.96. The number of rotatable bonds is 7. The van der Waals surface area contributed by atoms with Crippen LogP contribution in [0.2, 0.25) is 0 Å². The summed E-state index contributed by atoms with van der Waals surface area (Å²) in [6, 6.07) is 17.2. The van der Waals surface area contributed by atoms with E-state index >= 15 is 0 Å². The highest BCUT2D eigenvalue weighted by molar-refractivity contribution is 5.91. The maximum atomic E-state index is 11.6. The van der Waals surface area contributed by atoms with Crippen LogP contribution in [0.25, 0.3) is 0 Å². The third-order valence-electron chi connectivity index (χ3n) is 3.84. The number of nitrogens with one attached hydrogen (secondary N) is 2. The van der Waals surface area contributed by atoms with Gasteiger partial charge in [0.05, 0.1) is 6.10 Å². The molecule has 0 heterocycles. The number of aliphatic hydroxyl groups excluding tert-OH is 1. The molecule has 0 fully saturated rings. The fourth-order valence-corrected chi connectivity index (χ4v) is 2.36. The van der Waals surface area contributed by atoms with Crippen molar-refractivity contribution >= 4 is 11.6 Å². The van der Waals surface area contributed by atoms with E-state index < -0.39 is 6.10 Å². The van der Waals surface area contributed by atoms with Gasteiger partial charge in [-0.05, 0) is 24.1 Å². The number of para-hydroxylation sites is 1.